The van der Waals surface area contributed by atoms with Gasteiger partial charge in [0.1, 0.15) is 5.58 Å². The first-order chi connectivity index (χ1) is 14.4. The highest BCUT2D eigenvalue weighted by Gasteiger charge is 2.44. The van der Waals surface area contributed by atoms with E-state index in [1.165, 1.54) is 4.90 Å². The first kappa shape index (κ1) is 20.7. The van der Waals surface area contributed by atoms with Crippen molar-refractivity contribution in [2.75, 3.05) is 6.54 Å². The molecule has 154 valence electrons. The molecule has 0 saturated carbocycles. The predicted molar refractivity (Wildman–Crippen MR) is 119 cm³/mol. The van der Waals surface area contributed by atoms with Gasteiger partial charge in [0.15, 0.2) is 11.5 Å². The topological polar surface area (TPSA) is 70.8 Å². The average Bonchev–Trinajstić information content (AvgIpc) is 3.26. The Kier molecular flexibility index (Phi) is 5.71. The van der Waals surface area contributed by atoms with Crippen LogP contribution in [0, 0.1) is 0 Å². The summed E-state index contributed by atoms with van der Waals surface area (Å²) in [7, 11) is 0. The lowest BCUT2D eigenvalue weighted by atomic mass is 9.95. The highest BCUT2D eigenvalue weighted by Crippen LogP contribution is 2.40. The fourth-order valence-electron chi connectivity index (χ4n) is 3.70. The first-order valence-electron chi connectivity index (χ1n) is 9.64. The van der Waals surface area contributed by atoms with Crippen molar-refractivity contribution in [3.8, 4) is 0 Å². The number of Topliss-reactive ketones (excluding diaryl/α,β-unsaturated/α-hetero) is 1. The third-order valence-corrected chi connectivity index (χ3v) is 5.93. The number of benzene rings is 2. The van der Waals surface area contributed by atoms with E-state index in [1.807, 2.05) is 19.1 Å². The van der Waals surface area contributed by atoms with Crippen LogP contribution < -0.4 is 0 Å². The molecule has 0 fully saturated rings. The summed E-state index contributed by atoms with van der Waals surface area (Å²) in [4.78, 5) is 27.8. The molecule has 0 saturated heterocycles. The van der Waals surface area contributed by atoms with E-state index in [1.54, 1.807) is 36.4 Å². The van der Waals surface area contributed by atoms with Crippen LogP contribution in [0.25, 0.3) is 11.0 Å². The van der Waals surface area contributed by atoms with Gasteiger partial charge in [-0.3, -0.25) is 9.59 Å². The molecule has 1 N–H and O–H groups in total. The first-order valence-corrected chi connectivity index (χ1v) is 10.8. The Balaban J connectivity index is 1.79. The molecule has 0 radical (unpaired) electrons. The summed E-state index contributed by atoms with van der Waals surface area (Å²) in [6.45, 7) is 2.44. The number of amides is 1. The Labute approximate surface area is 187 Å². The number of carbonyl (C=O) groups is 2. The molecule has 4 rings (SSSR count). The minimum Gasteiger partial charge on any atom is -0.503 e. The molecule has 0 aliphatic carbocycles. The van der Waals surface area contributed by atoms with Gasteiger partial charge < -0.3 is 14.4 Å². The quantitative estimate of drug-likeness (QED) is 0.418. The van der Waals surface area contributed by atoms with Crippen LogP contribution in [-0.2, 0) is 4.79 Å². The maximum absolute atomic E-state index is 13.4. The van der Waals surface area contributed by atoms with Gasteiger partial charge >= 0.3 is 0 Å². The normalized spacial score (nSPS) is 16.7. The van der Waals surface area contributed by atoms with Crippen LogP contribution in [0.1, 0.15) is 41.9 Å². The predicted octanol–water partition coefficient (Wildman–Crippen LogP) is 6.23. The number of furan rings is 1. The van der Waals surface area contributed by atoms with Gasteiger partial charge in [-0.15, -0.1) is 0 Å². The van der Waals surface area contributed by atoms with E-state index < -0.39 is 23.5 Å². The van der Waals surface area contributed by atoms with E-state index in [0.717, 1.165) is 22.7 Å². The average molecular weight is 489 g/mol. The largest absolute Gasteiger partial charge is 0.503 e. The van der Waals surface area contributed by atoms with E-state index in [0.29, 0.717) is 22.7 Å². The Morgan fingerprint density at radius 1 is 1.20 bits per heavy atom. The minimum atomic E-state index is -0.700. The smallest absolute Gasteiger partial charge is 0.290 e. The summed E-state index contributed by atoms with van der Waals surface area (Å²) in [5.41, 5.74) is 1.28. The number of hydrogen-bond donors (Lipinski definition) is 1. The molecular formula is C23H19BrClNO4. The van der Waals surface area contributed by atoms with Crippen LogP contribution in [-0.4, -0.2) is 28.2 Å². The van der Waals surface area contributed by atoms with Crippen molar-refractivity contribution in [2.24, 2.45) is 0 Å². The van der Waals surface area contributed by atoms with Crippen molar-refractivity contribution in [3.63, 3.8) is 0 Å². The van der Waals surface area contributed by atoms with Crippen molar-refractivity contribution in [3.05, 3.63) is 80.7 Å². The van der Waals surface area contributed by atoms with Crippen LogP contribution in [0.5, 0.6) is 0 Å². The summed E-state index contributed by atoms with van der Waals surface area (Å²) in [5.74, 6) is -1.51. The molecule has 1 atom stereocenters. The van der Waals surface area contributed by atoms with Crippen LogP contribution in [0.4, 0.5) is 0 Å². The van der Waals surface area contributed by atoms with Gasteiger partial charge in [0, 0.05) is 21.4 Å². The minimum absolute atomic E-state index is 0.0246. The zero-order valence-electron chi connectivity index (χ0n) is 16.2. The second-order valence-electron chi connectivity index (χ2n) is 7.19. The second-order valence-corrected chi connectivity index (χ2v) is 8.54. The molecule has 2 heterocycles. The number of carbonyl (C=O) groups excluding carboxylic acids is 2. The molecule has 0 bridgehead atoms. The Morgan fingerprint density at radius 3 is 2.63 bits per heavy atom. The molecule has 1 aliphatic heterocycles. The number of hydrogen-bond acceptors (Lipinski definition) is 4. The Morgan fingerprint density at radius 2 is 1.93 bits per heavy atom. The maximum atomic E-state index is 13.4. The van der Waals surface area contributed by atoms with Gasteiger partial charge in [-0.2, -0.15) is 0 Å². The summed E-state index contributed by atoms with van der Waals surface area (Å²) in [5, 5.41) is 12.0. The second kappa shape index (κ2) is 8.28. The van der Waals surface area contributed by atoms with Gasteiger partial charge in [-0.05, 0) is 48.4 Å². The van der Waals surface area contributed by atoms with Gasteiger partial charge in [0.05, 0.1) is 11.6 Å². The molecule has 1 unspecified atom stereocenters. The zero-order valence-corrected chi connectivity index (χ0v) is 18.5. The summed E-state index contributed by atoms with van der Waals surface area (Å²) < 4.78 is 6.59. The maximum Gasteiger partial charge on any atom is 0.290 e. The number of ketones is 1. The van der Waals surface area contributed by atoms with Gasteiger partial charge in [0.2, 0.25) is 5.78 Å². The molecule has 1 amide bonds. The molecule has 5 nitrogen and oxygen atoms in total. The molecule has 1 aliphatic rings. The van der Waals surface area contributed by atoms with Crippen LogP contribution >= 0.6 is 27.5 Å². The number of fused-ring (bicyclic) bond motifs is 1. The number of halogens is 2. The summed E-state index contributed by atoms with van der Waals surface area (Å²) in [6, 6.07) is 13.3. The Hall–Kier alpha value is -2.57. The van der Waals surface area contributed by atoms with E-state index in [-0.39, 0.29) is 11.3 Å². The lowest BCUT2D eigenvalue weighted by Crippen LogP contribution is -2.32. The Bertz CT molecular complexity index is 1170. The van der Waals surface area contributed by atoms with E-state index in [2.05, 4.69) is 15.9 Å². The van der Waals surface area contributed by atoms with Gasteiger partial charge in [0.25, 0.3) is 5.91 Å². The van der Waals surface area contributed by atoms with E-state index in [4.69, 9.17) is 16.0 Å². The number of rotatable bonds is 6. The van der Waals surface area contributed by atoms with E-state index in [9.17, 15) is 14.7 Å². The number of unbranched alkanes of at least 4 members (excludes halogenated alkanes) is 1. The van der Waals surface area contributed by atoms with Crippen molar-refractivity contribution in [1.82, 2.24) is 4.90 Å². The van der Waals surface area contributed by atoms with Crippen LogP contribution in [0.15, 0.2) is 68.8 Å². The molecule has 3 aromatic rings. The van der Waals surface area contributed by atoms with Crippen molar-refractivity contribution in [1.29, 1.82) is 0 Å². The van der Waals surface area contributed by atoms with Crippen LogP contribution in [0.3, 0.4) is 0 Å². The monoisotopic (exact) mass is 487 g/mol. The SMILES string of the molecule is CCCCN1C(=O)C(O)=C(C(=O)c2cc3cc(Br)ccc3o2)C1c1ccc(Cl)cc1. The standard InChI is InChI=1S/C23H19BrClNO4/c1-2-3-10-26-20(13-4-7-16(25)8-5-13)19(22(28)23(26)29)21(27)18-12-14-11-15(24)6-9-17(14)30-18/h4-9,11-12,20,28H,2-3,10H2,1H3. The van der Waals surface area contributed by atoms with Gasteiger partial charge in [-0.1, -0.05) is 53.0 Å². The van der Waals surface area contributed by atoms with Crippen molar-refractivity contribution in [2.45, 2.75) is 25.8 Å². The van der Waals surface area contributed by atoms with Crippen molar-refractivity contribution >= 4 is 50.2 Å². The van der Waals surface area contributed by atoms with Crippen LogP contribution in [0.2, 0.25) is 5.02 Å². The number of aliphatic hydroxyl groups excluding tert-OH is 1. The molecular weight excluding hydrogens is 470 g/mol. The highest BCUT2D eigenvalue weighted by molar-refractivity contribution is 9.10. The molecule has 30 heavy (non-hydrogen) atoms. The lowest BCUT2D eigenvalue weighted by Gasteiger charge is -2.26. The number of nitrogens with zero attached hydrogens (tertiary/aromatic N) is 1. The van der Waals surface area contributed by atoms with Gasteiger partial charge in [-0.25, -0.2) is 0 Å². The third-order valence-electron chi connectivity index (χ3n) is 5.19. The lowest BCUT2D eigenvalue weighted by molar-refractivity contribution is -0.129. The summed E-state index contributed by atoms with van der Waals surface area (Å²) >= 11 is 9.42. The molecule has 2 aromatic carbocycles. The fraction of sp³-hybridized carbons (Fsp3) is 0.217. The van der Waals surface area contributed by atoms with Crippen molar-refractivity contribution < 1.29 is 19.1 Å². The highest BCUT2D eigenvalue weighted by atomic mass is 79.9. The molecule has 0 spiro atoms. The molecule has 1 aromatic heterocycles. The fourth-order valence-corrected chi connectivity index (χ4v) is 4.20. The zero-order chi connectivity index (χ0) is 21.4. The third kappa shape index (κ3) is 3.66. The number of aliphatic hydroxyl groups is 1. The summed E-state index contributed by atoms with van der Waals surface area (Å²) in [6.07, 6.45) is 1.63. The van der Waals surface area contributed by atoms with E-state index >= 15 is 0 Å². The molecule has 7 heteroatoms.